The lowest BCUT2D eigenvalue weighted by molar-refractivity contribution is 0.607. The number of nitrogens with zero attached hydrogens (tertiary/aromatic N) is 3. The highest BCUT2D eigenvalue weighted by Gasteiger charge is 2.07. The number of rotatable bonds is 4. The summed E-state index contributed by atoms with van der Waals surface area (Å²) in [6, 6.07) is 2.22. The predicted molar refractivity (Wildman–Crippen MR) is 65.1 cm³/mol. The molecule has 0 fully saturated rings. The molecule has 4 nitrogen and oxygen atoms in total. The van der Waals surface area contributed by atoms with Gasteiger partial charge in [-0.25, -0.2) is 4.98 Å². The van der Waals surface area contributed by atoms with E-state index in [-0.39, 0.29) is 6.04 Å². The van der Waals surface area contributed by atoms with E-state index in [2.05, 4.69) is 14.5 Å². The number of fused-ring (bicyclic) bond motifs is 1. The lowest BCUT2D eigenvalue weighted by Gasteiger charge is -2.04. The maximum atomic E-state index is 5.73. The standard InChI is InChI=1S/C12H18N4/c1-9(13)4-3-5-12-15-10-6-7-14-8-11(10)16(12)2/h6-9H,3-5,13H2,1-2H3. The summed E-state index contributed by atoms with van der Waals surface area (Å²) in [7, 11) is 2.04. The topological polar surface area (TPSA) is 56.7 Å². The van der Waals surface area contributed by atoms with Crippen LogP contribution in [0.25, 0.3) is 11.0 Å². The molecule has 0 amide bonds. The average Bonchev–Trinajstić information content (AvgIpc) is 2.56. The van der Waals surface area contributed by atoms with Crippen LogP contribution in [-0.4, -0.2) is 20.6 Å². The molecule has 16 heavy (non-hydrogen) atoms. The molecular formula is C12H18N4. The van der Waals surface area contributed by atoms with Gasteiger partial charge in [0.15, 0.2) is 0 Å². The van der Waals surface area contributed by atoms with Crippen molar-refractivity contribution in [2.45, 2.75) is 32.2 Å². The van der Waals surface area contributed by atoms with Gasteiger partial charge < -0.3 is 10.3 Å². The molecule has 0 saturated heterocycles. The van der Waals surface area contributed by atoms with Crippen LogP contribution in [0.5, 0.6) is 0 Å². The Morgan fingerprint density at radius 3 is 3.00 bits per heavy atom. The number of nitrogens with two attached hydrogens (primary N) is 1. The van der Waals surface area contributed by atoms with Gasteiger partial charge in [-0.2, -0.15) is 0 Å². The van der Waals surface area contributed by atoms with E-state index < -0.39 is 0 Å². The Balaban J connectivity index is 2.15. The first-order valence-corrected chi connectivity index (χ1v) is 5.69. The van der Waals surface area contributed by atoms with Crippen molar-refractivity contribution >= 4 is 11.0 Å². The van der Waals surface area contributed by atoms with E-state index in [1.165, 1.54) is 0 Å². The van der Waals surface area contributed by atoms with Crippen molar-refractivity contribution in [3.63, 3.8) is 0 Å². The van der Waals surface area contributed by atoms with Gasteiger partial charge in [0.05, 0.1) is 17.2 Å². The summed E-state index contributed by atoms with van der Waals surface area (Å²) in [6.45, 7) is 2.04. The lowest BCUT2D eigenvalue weighted by atomic mass is 10.1. The number of aromatic nitrogens is 3. The van der Waals surface area contributed by atoms with Gasteiger partial charge in [0, 0.05) is 25.7 Å². The normalized spacial score (nSPS) is 13.2. The van der Waals surface area contributed by atoms with Crippen molar-refractivity contribution in [2.24, 2.45) is 12.8 Å². The Hall–Kier alpha value is -1.42. The minimum absolute atomic E-state index is 0.274. The van der Waals surface area contributed by atoms with E-state index in [0.717, 1.165) is 36.1 Å². The van der Waals surface area contributed by atoms with E-state index in [9.17, 15) is 0 Å². The summed E-state index contributed by atoms with van der Waals surface area (Å²) < 4.78 is 2.11. The minimum Gasteiger partial charge on any atom is -0.330 e. The molecule has 0 aliphatic rings. The molecule has 2 heterocycles. The molecule has 0 aromatic carbocycles. The highest BCUT2D eigenvalue weighted by molar-refractivity contribution is 5.74. The Labute approximate surface area is 95.5 Å². The first-order valence-electron chi connectivity index (χ1n) is 5.69. The van der Waals surface area contributed by atoms with Crippen molar-refractivity contribution in [2.75, 3.05) is 0 Å². The number of hydrogen-bond acceptors (Lipinski definition) is 3. The predicted octanol–water partition coefficient (Wildman–Crippen LogP) is 1.64. The summed E-state index contributed by atoms with van der Waals surface area (Å²) >= 11 is 0. The first-order chi connectivity index (χ1) is 7.68. The van der Waals surface area contributed by atoms with Crippen molar-refractivity contribution < 1.29 is 0 Å². The number of hydrogen-bond donors (Lipinski definition) is 1. The van der Waals surface area contributed by atoms with Crippen molar-refractivity contribution in [3.8, 4) is 0 Å². The summed E-state index contributed by atoms with van der Waals surface area (Å²) in [5.41, 5.74) is 7.85. The van der Waals surface area contributed by atoms with Gasteiger partial charge in [-0.1, -0.05) is 0 Å². The molecule has 1 atom stereocenters. The van der Waals surface area contributed by atoms with Gasteiger partial charge in [-0.15, -0.1) is 0 Å². The molecule has 2 aromatic heterocycles. The van der Waals surface area contributed by atoms with Crippen LogP contribution in [0.15, 0.2) is 18.5 Å². The monoisotopic (exact) mass is 218 g/mol. The number of aryl methyl sites for hydroxylation is 2. The zero-order chi connectivity index (χ0) is 11.5. The van der Waals surface area contributed by atoms with E-state index in [1.807, 2.05) is 26.2 Å². The van der Waals surface area contributed by atoms with E-state index in [1.54, 1.807) is 6.20 Å². The third-order valence-electron chi connectivity index (χ3n) is 2.84. The molecule has 2 aromatic rings. The van der Waals surface area contributed by atoms with Gasteiger partial charge in [-0.3, -0.25) is 4.98 Å². The lowest BCUT2D eigenvalue weighted by Crippen LogP contribution is -2.14. The first kappa shape index (κ1) is 11.1. The van der Waals surface area contributed by atoms with Gasteiger partial charge in [0.2, 0.25) is 0 Å². The van der Waals surface area contributed by atoms with Crippen LogP contribution >= 0.6 is 0 Å². The number of pyridine rings is 1. The Morgan fingerprint density at radius 2 is 2.31 bits per heavy atom. The van der Waals surface area contributed by atoms with Crippen LogP contribution in [-0.2, 0) is 13.5 Å². The van der Waals surface area contributed by atoms with Gasteiger partial charge in [0.25, 0.3) is 0 Å². The van der Waals surface area contributed by atoms with Gasteiger partial charge >= 0.3 is 0 Å². The molecule has 86 valence electrons. The van der Waals surface area contributed by atoms with Crippen LogP contribution in [0.2, 0.25) is 0 Å². The molecule has 0 aliphatic carbocycles. The van der Waals surface area contributed by atoms with E-state index in [4.69, 9.17) is 5.73 Å². The Bertz CT molecular complexity index is 473. The summed E-state index contributed by atoms with van der Waals surface area (Å²) in [5, 5.41) is 0. The Kier molecular flexibility index (Phi) is 3.19. The molecule has 0 aliphatic heterocycles. The fourth-order valence-electron chi connectivity index (χ4n) is 1.89. The SMILES string of the molecule is CC(N)CCCc1nc2ccncc2n1C. The second kappa shape index (κ2) is 4.61. The molecule has 0 bridgehead atoms. The zero-order valence-electron chi connectivity index (χ0n) is 9.85. The van der Waals surface area contributed by atoms with Crippen molar-refractivity contribution in [1.29, 1.82) is 0 Å². The fourth-order valence-corrected chi connectivity index (χ4v) is 1.89. The Morgan fingerprint density at radius 1 is 1.50 bits per heavy atom. The van der Waals surface area contributed by atoms with Crippen molar-refractivity contribution in [1.82, 2.24) is 14.5 Å². The molecule has 2 N–H and O–H groups in total. The maximum absolute atomic E-state index is 5.73. The third kappa shape index (κ3) is 2.22. The third-order valence-corrected chi connectivity index (χ3v) is 2.84. The van der Waals surface area contributed by atoms with Gasteiger partial charge in [-0.05, 0) is 25.8 Å². The highest BCUT2D eigenvalue weighted by atomic mass is 15.1. The van der Waals surface area contributed by atoms with Crippen LogP contribution in [0.1, 0.15) is 25.6 Å². The van der Waals surface area contributed by atoms with Crippen LogP contribution in [0, 0.1) is 0 Å². The minimum atomic E-state index is 0.274. The maximum Gasteiger partial charge on any atom is 0.109 e. The fraction of sp³-hybridized carbons (Fsp3) is 0.500. The largest absolute Gasteiger partial charge is 0.330 e. The van der Waals surface area contributed by atoms with Crippen LogP contribution < -0.4 is 5.73 Å². The quantitative estimate of drug-likeness (QED) is 0.848. The average molecular weight is 218 g/mol. The second-order valence-corrected chi connectivity index (χ2v) is 4.32. The van der Waals surface area contributed by atoms with Gasteiger partial charge in [0.1, 0.15) is 5.82 Å². The molecule has 0 saturated carbocycles. The van der Waals surface area contributed by atoms with Crippen molar-refractivity contribution in [3.05, 3.63) is 24.3 Å². The van der Waals surface area contributed by atoms with Crippen LogP contribution in [0.4, 0.5) is 0 Å². The summed E-state index contributed by atoms with van der Waals surface area (Å²) in [6.07, 6.45) is 6.74. The molecule has 2 rings (SSSR count). The zero-order valence-corrected chi connectivity index (χ0v) is 9.85. The smallest absolute Gasteiger partial charge is 0.109 e. The van der Waals surface area contributed by atoms with Crippen LogP contribution in [0.3, 0.4) is 0 Å². The summed E-state index contributed by atoms with van der Waals surface area (Å²) in [4.78, 5) is 8.71. The molecule has 4 heteroatoms. The molecule has 1 unspecified atom stereocenters. The second-order valence-electron chi connectivity index (χ2n) is 4.32. The highest BCUT2D eigenvalue weighted by Crippen LogP contribution is 2.14. The number of imidazole rings is 1. The van der Waals surface area contributed by atoms with E-state index >= 15 is 0 Å². The molecular weight excluding hydrogens is 200 g/mol. The molecule has 0 radical (unpaired) electrons. The molecule has 0 spiro atoms. The van der Waals surface area contributed by atoms with E-state index in [0.29, 0.717) is 0 Å². The summed E-state index contributed by atoms with van der Waals surface area (Å²) in [5.74, 6) is 1.11.